The summed E-state index contributed by atoms with van der Waals surface area (Å²) < 4.78 is 10.4. The van der Waals surface area contributed by atoms with Crippen molar-refractivity contribution in [3.05, 3.63) is 0 Å². The molecule has 1 saturated heterocycles. The Hall–Kier alpha value is -1.04. The van der Waals surface area contributed by atoms with Crippen LogP contribution in [0.15, 0.2) is 0 Å². The molecule has 1 aliphatic rings. The first-order valence-electron chi connectivity index (χ1n) is 2.80. The van der Waals surface area contributed by atoms with Crippen LogP contribution in [0.3, 0.4) is 0 Å². The minimum Gasteiger partial charge on any atom is -0.593 e. The lowest BCUT2D eigenvalue weighted by atomic mass is 10.6. The summed E-state index contributed by atoms with van der Waals surface area (Å²) in [4.78, 5) is 22.2. The SMILES string of the molecule is CN1C(=N)NC(=O)C1[P+](=O)[O-].O. The number of rotatable bonds is 1. The average Bonchev–Trinajstić information content (AvgIpc) is 2.07. The summed E-state index contributed by atoms with van der Waals surface area (Å²) in [5, 5.41) is 9.12. The van der Waals surface area contributed by atoms with Crippen molar-refractivity contribution in [3.8, 4) is 0 Å². The fourth-order valence-electron chi connectivity index (χ4n) is 0.805. The molecule has 0 aromatic heterocycles. The normalized spacial score (nSPS) is 23.3. The predicted molar refractivity (Wildman–Crippen MR) is 38.6 cm³/mol. The third kappa shape index (κ3) is 1.58. The molecule has 1 fully saturated rings. The predicted octanol–water partition coefficient (Wildman–Crippen LogP) is -2.41. The first-order chi connectivity index (χ1) is 5.04. The lowest BCUT2D eigenvalue weighted by Gasteiger charge is -2.08. The molecule has 1 aliphatic heterocycles. The highest BCUT2D eigenvalue weighted by Crippen LogP contribution is 2.23. The molecule has 0 spiro atoms. The van der Waals surface area contributed by atoms with E-state index >= 15 is 0 Å². The standard InChI is InChI=1S/C4H6N3O3P.H2O/c1-7-3(11(9)10)2(8)6-4(7)5;/h3H,1H3,(H2,5,6,8);1H2. The Balaban J connectivity index is 0.00000121. The van der Waals surface area contributed by atoms with Crippen molar-refractivity contribution in [3.63, 3.8) is 0 Å². The van der Waals surface area contributed by atoms with Crippen LogP contribution in [0.25, 0.3) is 0 Å². The Bertz CT molecular complexity index is 242. The van der Waals surface area contributed by atoms with E-state index in [4.69, 9.17) is 5.41 Å². The lowest BCUT2D eigenvalue weighted by Crippen LogP contribution is -2.30. The molecule has 1 rings (SSSR count). The number of guanidine groups is 1. The molecule has 0 aliphatic carbocycles. The number of hydrogen-bond donors (Lipinski definition) is 2. The van der Waals surface area contributed by atoms with Crippen LogP contribution < -0.4 is 10.2 Å². The molecule has 0 saturated carbocycles. The number of nitrogens with zero attached hydrogens (tertiary/aromatic N) is 1. The molecule has 0 radical (unpaired) electrons. The maximum Gasteiger partial charge on any atom is 0.344 e. The van der Waals surface area contributed by atoms with Crippen molar-refractivity contribution in [2.24, 2.45) is 0 Å². The highest BCUT2D eigenvalue weighted by Gasteiger charge is 2.43. The van der Waals surface area contributed by atoms with Crippen molar-refractivity contribution in [2.45, 2.75) is 5.78 Å². The Morgan fingerprint density at radius 3 is 2.42 bits per heavy atom. The summed E-state index contributed by atoms with van der Waals surface area (Å²) in [6, 6.07) is 0. The number of carbonyl (C=O) groups excluding carboxylic acids is 1. The van der Waals surface area contributed by atoms with Crippen molar-refractivity contribution in [2.75, 3.05) is 7.05 Å². The van der Waals surface area contributed by atoms with E-state index in [9.17, 15) is 14.3 Å². The van der Waals surface area contributed by atoms with E-state index in [2.05, 4.69) is 5.32 Å². The van der Waals surface area contributed by atoms with E-state index in [1.54, 1.807) is 0 Å². The van der Waals surface area contributed by atoms with Gasteiger partial charge in [-0.25, -0.2) is 0 Å². The third-order valence-corrected chi connectivity index (χ3v) is 2.38. The number of likely N-dealkylation sites (N-methyl/N-ethyl adjacent to an activating group) is 1. The monoisotopic (exact) mass is 193 g/mol. The van der Waals surface area contributed by atoms with Crippen LogP contribution in [-0.2, 0) is 9.36 Å². The van der Waals surface area contributed by atoms with Gasteiger partial charge in [0.15, 0.2) is 0 Å². The number of hydrogen-bond acceptors (Lipinski definition) is 4. The fourth-order valence-corrected chi connectivity index (χ4v) is 1.46. The minimum atomic E-state index is -2.83. The average molecular weight is 193 g/mol. The fraction of sp³-hybridized carbons (Fsp3) is 0.500. The zero-order valence-electron chi connectivity index (χ0n) is 6.20. The Morgan fingerprint density at radius 2 is 2.25 bits per heavy atom. The van der Waals surface area contributed by atoms with Crippen molar-refractivity contribution in [1.29, 1.82) is 5.41 Å². The van der Waals surface area contributed by atoms with Crippen LogP contribution in [-0.4, -0.2) is 35.1 Å². The second-order valence-corrected chi connectivity index (χ2v) is 3.17. The van der Waals surface area contributed by atoms with E-state index in [1.807, 2.05) is 0 Å². The maximum atomic E-state index is 10.8. The first-order valence-corrected chi connectivity index (χ1v) is 4.04. The molecule has 2 unspecified atom stereocenters. The zero-order valence-corrected chi connectivity index (χ0v) is 7.09. The summed E-state index contributed by atoms with van der Waals surface area (Å²) >= 11 is 0. The van der Waals surface area contributed by atoms with Gasteiger partial charge in [-0.1, -0.05) is 4.57 Å². The smallest absolute Gasteiger partial charge is 0.344 e. The van der Waals surface area contributed by atoms with Gasteiger partial charge < -0.3 is 10.4 Å². The quantitative estimate of drug-likeness (QED) is 0.449. The van der Waals surface area contributed by atoms with Crippen molar-refractivity contribution in [1.82, 2.24) is 10.2 Å². The molecule has 2 atom stereocenters. The van der Waals surface area contributed by atoms with Crippen LogP contribution >= 0.6 is 8.03 Å². The van der Waals surface area contributed by atoms with Gasteiger partial charge in [0.05, 0.1) is 0 Å². The van der Waals surface area contributed by atoms with Gasteiger partial charge in [-0.3, -0.25) is 20.4 Å². The highest BCUT2D eigenvalue weighted by atomic mass is 31.1. The van der Waals surface area contributed by atoms with Crippen molar-refractivity contribution >= 4 is 19.9 Å². The van der Waals surface area contributed by atoms with Gasteiger partial charge in [0.25, 0.3) is 5.91 Å². The molecule has 7 nitrogen and oxygen atoms in total. The highest BCUT2D eigenvalue weighted by molar-refractivity contribution is 7.38. The molecular formula is C4H8N3O4P. The van der Waals surface area contributed by atoms with Gasteiger partial charge in [-0.15, -0.1) is 0 Å². The second kappa shape index (κ2) is 3.57. The van der Waals surface area contributed by atoms with Crippen LogP contribution in [0.4, 0.5) is 0 Å². The Labute approximate surface area is 69.1 Å². The van der Waals surface area contributed by atoms with Crippen LogP contribution in [0.1, 0.15) is 0 Å². The number of carbonyl (C=O) groups is 1. The lowest BCUT2D eigenvalue weighted by molar-refractivity contribution is -0.168. The molecule has 0 aromatic carbocycles. The zero-order chi connectivity index (χ0) is 8.59. The molecule has 68 valence electrons. The maximum absolute atomic E-state index is 10.8. The second-order valence-electron chi connectivity index (χ2n) is 2.11. The summed E-state index contributed by atoms with van der Waals surface area (Å²) in [7, 11) is -1.46. The third-order valence-electron chi connectivity index (χ3n) is 1.40. The largest absolute Gasteiger partial charge is 0.593 e. The minimum absolute atomic E-state index is 0. The van der Waals surface area contributed by atoms with E-state index in [-0.39, 0.29) is 11.4 Å². The van der Waals surface area contributed by atoms with Crippen LogP contribution in [0.5, 0.6) is 0 Å². The van der Waals surface area contributed by atoms with Crippen LogP contribution in [0.2, 0.25) is 0 Å². The van der Waals surface area contributed by atoms with E-state index in [0.29, 0.717) is 0 Å². The first kappa shape index (κ1) is 11.0. The Morgan fingerprint density at radius 1 is 1.75 bits per heavy atom. The number of amides is 1. The number of nitrogens with one attached hydrogen (secondary N) is 2. The van der Waals surface area contributed by atoms with Gasteiger partial charge in [-0.05, 0) is 0 Å². The van der Waals surface area contributed by atoms with E-state index in [1.165, 1.54) is 7.05 Å². The van der Waals surface area contributed by atoms with E-state index in [0.717, 1.165) is 4.90 Å². The molecule has 1 amide bonds. The van der Waals surface area contributed by atoms with Gasteiger partial charge >= 0.3 is 13.8 Å². The van der Waals surface area contributed by atoms with Gasteiger partial charge in [-0.2, -0.15) is 0 Å². The van der Waals surface area contributed by atoms with Gasteiger partial charge in [0, 0.05) is 7.05 Å². The van der Waals surface area contributed by atoms with Crippen molar-refractivity contribution < 1.29 is 19.7 Å². The molecule has 0 aromatic rings. The molecule has 12 heavy (non-hydrogen) atoms. The Kier molecular flexibility index (Phi) is 3.26. The summed E-state index contributed by atoms with van der Waals surface area (Å²) in [6.45, 7) is 0. The molecule has 4 N–H and O–H groups in total. The van der Waals surface area contributed by atoms with Gasteiger partial charge in [0.2, 0.25) is 5.96 Å². The molecular weight excluding hydrogens is 185 g/mol. The summed E-state index contributed by atoms with van der Waals surface area (Å²) in [5.74, 6) is -2.05. The van der Waals surface area contributed by atoms with E-state index < -0.39 is 19.7 Å². The molecule has 1 heterocycles. The van der Waals surface area contributed by atoms with Crippen LogP contribution in [0, 0.1) is 5.41 Å². The van der Waals surface area contributed by atoms with Gasteiger partial charge in [0.1, 0.15) is 0 Å². The molecule has 8 heteroatoms. The summed E-state index contributed by atoms with van der Waals surface area (Å²) in [6.07, 6.45) is 0. The summed E-state index contributed by atoms with van der Waals surface area (Å²) in [5.41, 5.74) is 0. The molecule has 0 bridgehead atoms. The topological polar surface area (TPSA) is 128 Å².